The Kier molecular flexibility index (Phi) is 5.00. The van der Waals surface area contributed by atoms with E-state index in [1.54, 1.807) is 19.3 Å². The quantitative estimate of drug-likeness (QED) is 0.841. The van der Waals surface area contributed by atoms with Gasteiger partial charge in [-0.25, -0.2) is 13.4 Å². The summed E-state index contributed by atoms with van der Waals surface area (Å²) in [5.41, 5.74) is 0. The van der Waals surface area contributed by atoms with Crippen molar-refractivity contribution in [3.8, 4) is 0 Å². The lowest BCUT2D eigenvalue weighted by molar-refractivity contribution is 0.170. The summed E-state index contributed by atoms with van der Waals surface area (Å²) in [4.78, 5) is 4.26. The smallest absolute Gasteiger partial charge is 0.246 e. The molecule has 1 aromatic rings. The van der Waals surface area contributed by atoms with Crippen molar-refractivity contribution in [3.05, 3.63) is 16.7 Å². The Morgan fingerprint density at radius 2 is 2.15 bits per heavy atom. The van der Waals surface area contributed by atoms with Gasteiger partial charge in [0.05, 0.1) is 0 Å². The molecule has 1 fully saturated rings. The number of piperidine rings is 1. The largest absolute Gasteiger partial charge is 0.396 e. The number of aromatic nitrogens is 1. The molecule has 1 aromatic heterocycles. The van der Waals surface area contributed by atoms with Crippen LogP contribution in [-0.4, -0.2) is 49.6 Å². The number of nitrogens with zero attached hydrogens (tertiary/aromatic N) is 2. The van der Waals surface area contributed by atoms with Crippen molar-refractivity contribution in [2.75, 3.05) is 32.1 Å². The van der Waals surface area contributed by atoms with Gasteiger partial charge in [-0.3, -0.25) is 0 Å². The number of nitrogens with one attached hydrogen (secondary N) is 1. The van der Waals surface area contributed by atoms with Crippen molar-refractivity contribution in [1.29, 1.82) is 0 Å². The summed E-state index contributed by atoms with van der Waals surface area (Å²) < 4.78 is 27.4. The van der Waals surface area contributed by atoms with Gasteiger partial charge in [-0.1, -0.05) is 0 Å². The summed E-state index contributed by atoms with van der Waals surface area (Å²) >= 11 is 3.26. The average molecular weight is 364 g/mol. The molecule has 2 N–H and O–H groups in total. The summed E-state index contributed by atoms with van der Waals surface area (Å²) in [5.74, 6) is 0.545. The van der Waals surface area contributed by atoms with Crippen molar-refractivity contribution in [1.82, 2.24) is 9.29 Å². The van der Waals surface area contributed by atoms with Crippen LogP contribution < -0.4 is 5.32 Å². The minimum Gasteiger partial charge on any atom is -0.396 e. The highest BCUT2D eigenvalue weighted by atomic mass is 79.9. The second-order valence-corrected chi connectivity index (χ2v) is 7.60. The molecule has 20 heavy (non-hydrogen) atoms. The number of halogens is 1. The maximum absolute atomic E-state index is 12.7. The lowest BCUT2D eigenvalue weighted by Crippen LogP contribution is -2.39. The molecular formula is C12H18BrN3O3S. The highest BCUT2D eigenvalue weighted by Crippen LogP contribution is 2.28. The van der Waals surface area contributed by atoms with Gasteiger partial charge in [-0.2, -0.15) is 4.31 Å². The molecule has 2 heterocycles. The molecule has 8 heteroatoms. The van der Waals surface area contributed by atoms with Crippen molar-refractivity contribution in [3.63, 3.8) is 0 Å². The van der Waals surface area contributed by atoms with Crippen LogP contribution in [0.15, 0.2) is 21.6 Å². The molecule has 0 bridgehead atoms. The van der Waals surface area contributed by atoms with E-state index in [4.69, 9.17) is 5.11 Å². The van der Waals surface area contributed by atoms with Crippen LogP contribution in [0.3, 0.4) is 0 Å². The maximum atomic E-state index is 12.7. The predicted molar refractivity (Wildman–Crippen MR) is 80.1 cm³/mol. The zero-order chi connectivity index (χ0) is 14.8. The average Bonchev–Trinajstić information content (AvgIpc) is 2.47. The highest BCUT2D eigenvalue weighted by molar-refractivity contribution is 9.10. The van der Waals surface area contributed by atoms with Gasteiger partial charge < -0.3 is 10.4 Å². The topological polar surface area (TPSA) is 82.5 Å². The fourth-order valence-corrected chi connectivity index (χ4v) is 4.40. The van der Waals surface area contributed by atoms with Gasteiger partial charge in [0.15, 0.2) is 0 Å². The van der Waals surface area contributed by atoms with Gasteiger partial charge >= 0.3 is 0 Å². The third-order valence-electron chi connectivity index (χ3n) is 3.51. The molecule has 6 nitrogen and oxygen atoms in total. The van der Waals surface area contributed by atoms with E-state index in [-0.39, 0.29) is 17.4 Å². The Balaban J connectivity index is 2.29. The first-order valence-electron chi connectivity index (χ1n) is 6.43. The van der Waals surface area contributed by atoms with Gasteiger partial charge in [0.25, 0.3) is 0 Å². The Morgan fingerprint density at radius 1 is 1.50 bits per heavy atom. The van der Waals surface area contributed by atoms with Gasteiger partial charge in [0.1, 0.15) is 10.7 Å². The molecule has 1 aliphatic heterocycles. The summed E-state index contributed by atoms with van der Waals surface area (Å²) in [7, 11) is -1.92. The first kappa shape index (κ1) is 15.7. The van der Waals surface area contributed by atoms with E-state index in [0.717, 1.165) is 0 Å². The number of rotatable bonds is 4. The molecular weight excluding hydrogens is 346 g/mol. The van der Waals surface area contributed by atoms with Crippen molar-refractivity contribution < 1.29 is 13.5 Å². The fraction of sp³-hybridized carbons (Fsp3) is 0.583. The van der Waals surface area contributed by atoms with Crippen LogP contribution >= 0.6 is 15.9 Å². The number of hydrogen-bond acceptors (Lipinski definition) is 5. The standard InChI is InChI=1S/C12H18BrN3O3S/c1-14-12-11(6-10(13)7-15-12)20(18,19)16-4-2-9(8-17)3-5-16/h6-7,9,17H,2-5,8H2,1H3,(H,14,15). The molecule has 0 amide bonds. The Labute approximate surface area is 127 Å². The van der Waals surface area contributed by atoms with Gasteiger partial charge in [0.2, 0.25) is 10.0 Å². The zero-order valence-electron chi connectivity index (χ0n) is 11.2. The zero-order valence-corrected chi connectivity index (χ0v) is 13.6. The van der Waals surface area contributed by atoms with Gasteiger partial charge in [-0.15, -0.1) is 0 Å². The molecule has 0 unspecified atom stereocenters. The van der Waals surface area contributed by atoms with E-state index >= 15 is 0 Å². The summed E-state index contributed by atoms with van der Waals surface area (Å²) in [5, 5.41) is 11.9. The third-order valence-corrected chi connectivity index (χ3v) is 5.85. The lowest BCUT2D eigenvalue weighted by atomic mass is 10.00. The molecule has 0 aromatic carbocycles. The van der Waals surface area contributed by atoms with Crippen molar-refractivity contribution in [2.24, 2.45) is 5.92 Å². The van der Waals surface area contributed by atoms with Crippen molar-refractivity contribution >= 4 is 31.8 Å². The van der Waals surface area contributed by atoms with Crippen molar-refractivity contribution in [2.45, 2.75) is 17.7 Å². The Hall–Kier alpha value is -0.700. The van der Waals surface area contributed by atoms with Gasteiger partial charge in [-0.05, 0) is 40.8 Å². The predicted octanol–water partition coefficient (Wildman–Crippen LogP) is 1.28. The van der Waals surface area contributed by atoms with E-state index in [1.165, 1.54) is 4.31 Å². The Morgan fingerprint density at radius 3 is 2.70 bits per heavy atom. The number of anilines is 1. The fourth-order valence-electron chi connectivity index (χ4n) is 2.28. The van der Waals surface area contributed by atoms with Crippen LogP contribution in [0, 0.1) is 5.92 Å². The number of sulfonamides is 1. The molecule has 0 atom stereocenters. The highest BCUT2D eigenvalue weighted by Gasteiger charge is 2.31. The van der Waals surface area contributed by atoms with E-state index in [9.17, 15) is 8.42 Å². The van der Waals surface area contributed by atoms with Crippen LogP contribution in [0.4, 0.5) is 5.82 Å². The molecule has 0 saturated carbocycles. The SMILES string of the molecule is CNc1ncc(Br)cc1S(=O)(=O)N1CCC(CO)CC1. The number of hydrogen-bond donors (Lipinski definition) is 2. The molecule has 2 rings (SSSR count). The summed E-state index contributed by atoms with van der Waals surface area (Å²) in [6.45, 7) is 0.987. The molecule has 112 valence electrons. The van der Waals surface area contributed by atoms with Crippen LogP contribution in [0.25, 0.3) is 0 Å². The number of pyridine rings is 1. The molecule has 1 saturated heterocycles. The number of aliphatic hydroxyl groups is 1. The molecule has 0 aliphatic carbocycles. The minimum absolute atomic E-state index is 0.119. The van der Waals surface area contributed by atoms with E-state index in [0.29, 0.717) is 36.2 Å². The monoisotopic (exact) mass is 363 g/mol. The molecule has 0 spiro atoms. The van der Waals surface area contributed by atoms with Crippen LogP contribution in [-0.2, 0) is 10.0 Å². The van der Waals surface area contributed by atoms with E-state index in [1.807, 2.05) is 0 Å². The molecule has 0 radical (unpaired) electrons. The number of aliphatic hydroxyl groups excluding tert-OH is 1. The third kappa shape index (κ3) is 3.13. The van der Waals surface area contributed by atoms with Crippen LogP contribution in [0.2, 0.25) is 0 Å². The second-order valence-electron chi connectivity index (χ2n) is 4.78. The van der Waals surface area contributed by atoms with Crippen LogP contribution in [0.1, 0.15) is 12.8 Å². The van der Waals surface area contributed by atoms with Crippen LogP contribution in [0.5, 0.6) is 0 Å². The Bertz CT molecular complexity index is 571. The van der Waals surface area contributed by atoms with E-state index < -0.39 is 10.0 Å². The first-order chi connectivity index (χ1) is 9.48. The second kappa shape index (κ2) is 6.38. The van der Waals surface area contributed by atoms with E-state index in [2.05, 4.69) is 26.2 Å². The maximum Gasteiger partial charge on any atom is 0.246 e. The normalized spacial score (nSPS) is 18.1. The first-order valence-corrected chi connectivity index (χ1v) is 8.66. The summed E-state index contributed by atoms with van der Waals surface area (Å²) in [6.07, 6.45) is 2.93. The minimum atomic E-state index is -3.56. The molecule has 1 aliphatic rings. The summed E-state index contributed by atoms with van der Waals surface area (Å²) in [6, 6.07) is 1.56. The van der Waals surface area contributed by atoms with Gasteiger partial charge in [0, 0.05) is 37.4 Å². The lowest BCUT2D eigenvalue weighted by Gasteiger charge is -2.30.